The number of ether oxygens (including phenoxy) is 1. The molecule has 2 aromatic rings. The molecule has 1 heterocycles. The van der Waals surface area contributed by atoms with Crippen LogP contribution in [0.2, 0.25) is 0 Å². The van der Waals surface area contributed by atoms with Crippen molar-refractivity contribution in [2.75, 3.05) is 13.2 Å². The van der Waals surface area contributed by atoms with Crippen molar-refractivity contribution in [3.8, 4) is 0 Å². The van der Waals surface area contributed by atoms with E-state index < -0.39 is 21.5 Å². The summed E-state index contributed by atoms with van der Waals surface area (Å²) in [4.78, 5) is 13.1. The number of carbonyl (C=O) groups excluding carboxylic acids is 1. The van der Waals surface area contributed by atoms with Gasteiger partial charge in [0.1, 0.15) is 0 Å². The molecule has 3 atom stereocenters. The van der Waals surface area contributed by atoms with Crippen molar-refractivity contribution < 1.29 is 17.9 Å². The summed E-state index contributed by atoms with van der Waals surface area (Å²) in [5.41, 5.74) is 1.07. The molecule has 0 aromatic heterocycles. The quantitative estimate of drug-likeness (QED) is 0.741. The zero-order valence-corrected chi connectivity index (χ0v) is 16.3. The predicted molar refractivity (Wildman–Crippen MR) is 101 cm³/mol. The van der Waals surface area contributed by atoms with Gasteiger partial charge in [0.25, 0.3) is 0 Å². The molecule has 0 bridgehead atoms. The summed E-state index contributed by atoms with van der Waals surface area (Å²) in [7, 11) is -3.72. The molecule has 5 nitrogen and oxygen atoms in total. The summed E-state index contributed by atoms with van der Waals surface area (Å²) in [6, 6.07) is 15.7. The normalized spacial score (nSPS) is 27.2. The topological polar surface area (TPSA) is 63.7 Å². The number of nitrogens with zero attached hydrogens (tertiary/aromatic N) is 1. The van der Waals surface area contributed by atoms with Gasteiger partial charge < -0.3 is 4.74 Å². The van der Waals surface area contributed by atoms with Gasteiger partial charge in [0.15, 0.2) is 0 Å². The Labute approximate surface area is 160 Å². The molecule has 142 valence electrons. The first-order valence-electron chi connectivity index (χ1n) is 9.22. The van der Waals surface area contributed by atoms with Crippen LogP contribution in [-0.2, 0) is 19.6 Å². The van der Waals surface area contributed by atoms with Crippen LogP contribution >= 0.6 is 0 Å². The highest BCUT2D eigenvalue weighted by molar-refractivity contribution is 7.89. The Kier molecular flexibility index (Phi) is 4.35. The molecule has 6 heteroatoms. The lowest BCUT2D eigenvalue weighted by Crippen LogP contribution is -2.38. The molecule has 0 radical (unpaired) electrons. The van der Waals surface area contributed by atoms with Gasteiger partial charge in [0, 0.05) is 6.54 Å². The van der Waals surface area contributed by atoms with Gasteiger partial charge >= 0.3 is 5.97 Å². The van der Waals surface area contributed by atoms with Gasteiger partial charge in [0.05, 0.1) is 23.0 Å². The molecule has 1 aliphatic heterocycles. The fraction of sp³-hybridized carbons (Fsp3) is 0.381. The molecule has 0 N–H and O–H groups in total. The first kappa shape index (κ1) is 18.2. The van der Waals surface area contributed by atoms with Crippen molar-refractivity contribution in [1.82, 2.24) is 4.31 Å². The Morgan fingerprint density at radius 3 is 2.44 bits per heavy atom. The summed E-state index contributed by atoms with van der Waals surface area (Å²) in [6.07, 6.45) is 0.672. The van der Waals surface area contributed by atoms with E-state index in [1.54, 1.807) is 31.2 Å². The minimum atomic E-state index is -3.72. The van der Waals surface area contributed by atoms with E-state index in [-0.39, 0.29) is 16.8 Å². The van der Waals surface area contributed by atoms with E-state index in [0.717, 1.165) is 11.1 Å². The molecule has 0 spiro atoms. The zero-order chi connectivity index (χ0) is 19.2. The van der Waals surface area contributed by atoms with Crippen LogP contribution in [-0.4, -0.2) is 31.8 Å². The van der Waals surface area contributed by atoms with E-state index in [1.165, 1.54) is 4.31 Å². The Hall–Kier alpha value is -2.18. The standard InChI is InChI=1S/C21H23NO4S/c1-3-26-20(23)21-13-17(21)14-22(19(21)16-7-5-4-6-8-16)27(24,25)18-11-9-15(2)10-12-18/h4-12,17,19H,3,13-14H2,1-2H3/t17-,19-,21+/m1/s1. The van der Waals surface area contributed by atoms with Gasteiger partial charge in [0.2, 0.25) is 10.0 Å². The van der Waals surface area contributed by atoms with Crippen LogP contribution in [0, 0.1) is 18.3 Å². The highest BCUT2D eigenvalue weighted by Crippen LogP contribution is 2.68. The molecular formula is C21H23NO4S. The SMILES string of the molecule is CCOC(=O)[C@@]12C[C@@H]1CN(S(=O)(=O)c1ccc(C)cc1)[C@@H]2c1ccccc1. The maximum atomic E-state index is 13.4. The van der Waals surface area contributed by atoms with Crippen LogP contribution in [0.5, 0.6) is 0 Å². The van der Waals surface area contributed by atoms with Gasteiger partial charge in [-0.2, -0.15) is 4.31 Å². The van der Waals surface area contributed by atoms with Crippen LogP contribution in [0.4, 0.5) is 0 Å². The number of piperidine rings is 1. The molecule has 1 saturated heterocycles. The van der Waals surface area contributed by atoms with Gasteiger partial charge in [-0.15, -0.1) is 0 Å². The average Bonchev–Trinajstić information content (AvgIpc) is 3.28. The highest BCUT2D eigenvalue weighted by Gasteiger charge is 2.73. The third kappa shape index (κ3) is 2.78. The van der Waals surface area contributed by atoms with Crippen LogP contribution in [0.3, 0.4) is 0 Å². The Morgan fingerprint density at radius 2 is 1.81 bits per heavy atom. The first-order chi connectivity index (χ1) is 12.9. The molecule has 4 rings (SSSR count). The molecule has 1 saturated carbocycles. The van der Waals surface area contributed by atoms with Crippen molar-refractivity contribution in [2.45, 2.75) is 31.2 Å². The van der Waals surface area contributed by atoms with Crippen LogP contribution < -0.4 is 0 Å². The van der Waals surface area contributed by atoms with E-state index in [1.807, 2.05) is 37.3 Å². The summed E-state index contributed by atoms with van der Waals surface area (Å²) in [5.74, 6) is -0.285. The van der Waals surface area contributed by atoms with Gasteiger partial charge in [-0.05, 0) is 43.9 Å². The van der Waals surface area contributed by atoms with Crippen LogP contribution in [0.1, 0.15) is 30.5 Å². The smallest absolute Gasteiger partial charge is 0.314 e. The fourth-order valence-corrected chi connectivity index (χ4v) is 6.01. The molecule has 27 heavy (non-hydrogen) atoms. The Balaban J connectivity index is 1.79. The van der Waals surface area contributed by atoms with Crippen molar-refractivity contribution in [1.29, 1.82) is 0 Å². The second kappa shape index (κ2) is 6.46. The van der Waals surface area contributed by atoms with Gasteiger partial charge in [-0.25, -0.2) is 8.42 Å². The predicted octanol–water partition coefficient (Wildman–Crippen LogP) is 3.31. The first-order valence-corrected chi connectivity index (χ1v) is 10.7. The second-order valence-electron chi connectivity index (χ2n) is 7.36. The largest absolute Gasteiger partial charge is 0.465 e. The summed E-state index contributed by atoms with van der Waals surface area (Å²) < 4.78 is 33.6. The van der Waals surface area contributed by atoms with Crippen LogP contribution in [0.15, 0.2) is 59.5 Å². The number of carbonyl (C=O) groups is 1. The van der Waals surface area contributed by atoms with E-state index >= 15 is 0 Å². The van der Waals surface area contributed by atoms with Gasteiger partial charge in [-0.1, -0.05) is 48.0 Å². The Morgan fingerprint density at radius 1 is 1.15 bits per heavy atom. The molecule has 1 aliphatic carbocycles. The van der Waals surface area contributed by atoms with Crippen LogP contribution in [0.25, 0.3) is 0 Å². The summed E-state index contributed by atoms with van der Waals surface area (Å²) in [5, 5.41) is 0. The molecule has 0 unspecified atom stereocenters. The lowest BCUT2D eigenvalue weighted by molar-refractivity contribution is -0.151. The van der Waals surface area contributed by atoms with Crippen molar-refractivity contribution in [2.24, 2.45) is 11.3 Å². The summed E-state index contributed by atoms with van der Waals surface area (Å²) in [6.45, 7) is 4.33. The zero-order valence-electron chi connectivity index (χ0n) is 15.5. The monoisotopic (exact) mass is 385 g/mol. The van der Waals surface area contributed by atoms with Gasteiger partial charge in [-0.3, -0.25) is 4.79 Å². The molecular weight excluding hydrogens is 362 g/mol. The Bertz CT molecular complexity index is 955. The number of hydrogen-bond acceptors (Lipinski definition) is 4. The van der Waals surface area contributed by atoms with E-state index in [0.29, 0.717) is 19.6 Å². The fourth-order valence-electron chi connectivity index (χ4n) is 4.30. The molecule has 2 aromatic carbocycles. The lowest BCUT2D eigenvalue weighted by Gasteiger charge is -2.31. The minimum Gasteiger partial charge on any atom is -0.465 e. The number of rotatable bonds is 5. The lowest BCUT2D eigenvalue weighted by atomic mass is 9.90. The maximum Gasteiger partial charge on any atom is 0.314 e. The number of fused-ring (bicyclic) bond motifs is 1. The second-order valence-corrected chi connectivity index (χ2v) is 9.25. The van der Waals surface area contributed by atoms with E-state index in [9.17, 15) is 13.2 Å². The molecule has 2 aliphatic rings. The number of aryl methyl sites for hydroxylation is 1. The number of benzene rings is 2. The highest BCUT2D eigenvalue weighted by atomic mass is 32.2. The van der Waals surface area contributed by atoms with Crippen molar-refractivity contribution in [3.05, 3.63) is 65.7 Å². The third-order valence-corrected chi connectivity index (χ3v) is 7.57. The maximum absolute atomic E-state index is 13.4. The van der Waals surface area contributed by atoms with E-state index in [4.69, 9.17) is 4.74 Å². The molecule has 2 fully saturated rings. The average molecular weight is 385 g/mol. The minimum absolute atomic E-state index is 0.00183. The van der Waals surface area contributed by atoms with Crippen molar-refractivity contribution in [3.63, 3.8) is 0 Å². The third-order valence-electron chi connectivity index (χ3n) is 5.73. The van der Waals surface area contributed by atoms with Crippen molar-refractivity contribution >= 4 is 16.0 Å². The number of sulfonamides is 1. The number of hydrogen-bond donors (Lipinski definition) is 0. The summed E-state index contributed by atoms with van der Waals surface area (Å²) >= 11 is 0. The molecule has 0 amide bonds. The van der Waals surface area contributed by atoms with E-state index in [2.05, 4.69) is 0 Å². The number of esters is 1.